The molecule has 3 aromatic heterocycles. The second kappa shape index (κ2) is 8.57. The minimum absolute atomic E-state index is 0.199. The highest BCUT2D eigenvalue weighted by Crippen LogP contribution is 2.33. The molecule has 0 saturated heterocycles. The Morgan fingerprint density at radius 3 is 2.64 bits per heavy atom. The van der Waals surface area contributed by atoms with Crippen molar-refractivity contribution in [3.8, 4) is 11.6 Å². The third kappa shape index (κ3) is 4.26. The van der Waals surface area contributed by atoms with Crippen LogP contribution in [0.5, 0.6) is 5.88 Å². The highest BCUT2D eigenvalue weighted by Gasteiger charge is 2.26. The Hall–Kier alpha value is -3.88. The Morgan fingerprint density at radius 1 is 1.09 bits per heavy atom. The van der Waals surface area contributed by atoms with Gasteiger partial charge >= 0.3 is 0 Å². The minimum Gasteiger partial charge on any atom is -0.479 e. The number of rotatable bonds is 5. The summed E-state index contributed by atoms with van der Waals surface area (Å²) in [6.07, 6.45) is 8.82. The molecule has 7 nitrogen and oxygen atoms in total. The standard InChI is InChI=1S/C24H22F2N6O/c1-15-13-31(14-27-15)21-7-5-19(28-24(21)33-2)6-8-22-29-23-20(4-3-9-32(23)30-22)16-10-17(25)12-18(26)11-16/h5-8,10-14,20H,3-4,9H2,1-2H3/t20-/m0/s1. The van der Waals surface area contributed by atoms with Gasteiger partial charge in [-0.3, -0.25) is 0 Å². The van der Waals surface area contributed by atoms with Gasteiger partial charge in [-0.2, -0.15) is 5.10 Å². The normalized spacial score (nSPS) is 15.7. The van der Waals surface area contributed by atoms with E-state index >= 15 is 0 Å². The number of halogens is 2. The molecule has 9 heteroatoms. The predicted octanol–water partition coefficient (Wildman–Crippen LogP) is 4.55. The van der Waals surface area contributed by atoms with Gasteiger partial charge in [-0.1, -0.05) is 0 Å². The van der Waals surface area contributed by atoms with Crippen molar-refractivity contribution in [2.45, 2.75) is 32.2 Å². The molecule has 0 radical (unpaired) electrons. The average Bonchev–Trinajstić information content (AvgIpc) is 3.42. The van der Waals surface area contributed by atoms with E-state index in [0.29, 0.717) is 28.8 Å². The fourth-order valence-corrected chi connectivity index (χ4v) is 4.13. The first-order chi connectivity index (χ1) is 16.0. The van der Waals surface area contributed by atoms with Crippen molar-refractivity contribution in [3.05, 3.63) is 83.1 Å². The van der Waals surface area contributed by atoms with Crippen LogP contribution >= 0.6 is 0 Å². The maximum atomic E-state index is 13.8. The Labute approximate surface area is 189 Å². The summed E-state index contributed by atoms with van der Waals surface area (Å²) < 4.78 is 36.6. The quantitative estimate of drug-likeness (QED) is 0.448. The van der Waals surface area contributed by atoms with Crippen LogP contribution in [-0.4, -0.2) is 36.4 Å². The number of hydrogen-bond acceptors (Lipinski definition) is 5. The van der Waals surface area contributed by atoms with Gasteiger partial charge in [0, 0.05) is 24.7 Å². The van der Waals surface area contributed by atoms with Gasteiger partial charge in [0.05, 0.1) is 24.8 Å². The van der Waals surface area contributed by atoms with E-state index in [1.165, 1.54) is 12.1 Å². The molecule has 1 aromatic carbocycles. The summed E-state index contributed by atoms with van der Waals surface area (Å²) >= 11 is 0. The number of aromatic nitrogens is 6. The SMILES string of the molecule is COc1nc(C=Cc2nc3n(n2)CCC[C@H]3c2cc(F)cc(F)c2)ccc1-n1cnc(C)c1. The van der Waals surface area contributed by atoms with Gasteiger partial charge in [0.25, 0.3) is 0 Å². The summed E-state index contributed by atoms with van der Waals surface area (Å²) in [4.78, 5) is 13.4. The molecule has 0 aliphatic carbocycles. The number of ether oxygens (including phenoxy) is 1. The van der Waals surface area contributed by atoms with Crippen LogP contribution in [0.25, 0.3) is 17.8 Å². The number of benzene rings is 1. The minimum atomic E-state index is -0.587. The lowest BCUT2D eigenvalue weighted by molar-refractivity contribution is 0.395. The zero-order chi connectivity index (χ0) is 22.9. The van der Waals surface area contributed by atoms with Crippen LogP contribution in [0.1, 0.15) is 47.4 Å². The first kappa shape index (κ1) is 21.0. The molecule has 4 aromatic rings. The summed E-state index contributed by atoms with van der Waals surface area (Å²) in [6, 6.07) is 7.40. The second-order valence-electron chi connectivity index (χ2n) is 7.97. The molecule has 0 bridgehead atoms. The van der Waals surface area contributed by atoms with Crippen LogP contribution in [0.15, 0.2) is 42.9 Å². The highest BCUT2D eigenvalue weighted by atomic mass is 19.1. The Morgan fingerprint density at radius 2 is 1.91 bits per heavy atom. The molecule has 1 aliphatic heterocycles. The largest absolute Gasteiger partial charge is 0.479 e. The van der Waals surface area contributed by atoms with Crippen LogP contribution in [0.2, 0.25) is 0 Å². The van der Waals surface area contributed by atoms with Crippen molar-refractivity contribution < 1.29 is 13.5 Å². The van der Waals surface area contributed by atoms with E-state index in [9.17, 15) is 8.78 Å². The van der Waals surface area contributed by atoms with Gasteiger partial charge in [0.15, 0.2) is 5.82 Å². The molecule has 5 rings (SSSR count). The number of pyridine rings is 1. The van der Waals surface area contributed by atoms with Crippen LogP contribution in [-0.2, 0) is 6.54 Å². The molecule has 4 heterocycles. The molecular formula is C24H22F2N6O. The Bertz CT molecular complexity index is 1320. The first-order valence-electron chi connectivity index (χ1n) is 10.6. The van der Waals surface area contributed by atoms with Crippen molar-refractivity contribution in [2.75, 3.05) is 7.11 Å². The van der Waals surface area contributed by atoms with Gasteiger partial charge in [0.1, 0.15) is 23.1 Å². The van der Waals surface area contributed by atoms with Gasteiger partial charge < -0.3 is 9.30 Å². The number of aryl methyl sites for hydroxylation is 2. The smallest absolute Gasteiger partial charge is 0.238 e. The van der Waals surface area contributed by atoms with Gasteiger partial charge in [-0.25, -0.2) is 28.4 Å². The number of methoxy groups -OCH3 is 1. The van der Waals surface area contributed by atoms with Crippen LogP contribution in [0.3, 0.4) is 0 Å². The monoisotopic (exact) mass is 448 g/mol. The maximum absolute atomic E-state index is 13.8. The summed E-state index contributed by atoms with van der Waals surface area (Å²) in [5, 5.41) is 4.56. The van der Waals surface area contributed by atoms with Gasteiger partial charge in [-0.15, -0.1) is 0 Å². The summed E-state index contributed by atoms with van der Waals surface area (Å²) in [7, 11) is 1.57. The Balaban J connectivity index is 1.41. The number of fused-ring (bicyclic) bond motifs is 1. The zero-order valence-electron chi connectivity index (χ0n) is 18.2. The van der Waals surface area contributed by atoms with Crippen molar-refractivity contribution in [1.82, 2.24) is 29.3 Å². The molecule has 0 fully saturated rings. The topological polar surface area (TPSA) is 70.7 Å². The summed E-state index contributed by atoms with van der Waals surface area (Å²) in [5.74, 6) is 0.327. The summed E-state index contributed by atoms with van der Waals surface area (Å²) in [5.41, 5.74) is 2.95. The lowest BCUT2D eigenvalue weighted by atomic mass is 9.91. The van der Waals surface area contributed by atoms with E-state index in [2.05, 4.69) is 20.1 Å². The molecule has 168 valence electrons. The van der Waals surface area contributed by atoms with E-state index in [-0.39, 0.29) is 5.92 Å². The lowest BCUT2D eigenvalue weighted by Gasteiger charge is -2.22. The number of nitrogens with zero attached hydrogens (tertiary/aromatic N) is 6. The average molecular weight is 448 g/mol. The van der Waals surface area contributed by atoms with Crippen LogP contribution < -0.4 is 4.74 Å². The lowest BCUT2D eigenvalue weighted by Crippen LogP contribution is -2.18. The summed E-state index contributed by atoms with van der Waals surface area (Å²) in [6.45, 7) is 2.63. The van der Waals surface area contributed by atoms with Crippen LogP contribution in [0.4, 0.5) is 8.78 Å². The van der Waals surface area contributed by atoms with Crippen molar-refractivity contribution in [1.29, 1.82) is 0 Å². The fourth-order valence-electron chi connectivity index (χ4n) is 4.13. The molecule has 0 amide bonds. The molecule has 1 aliphatic rings. The van der Waals surface area contributed by atoms with E-state index < -0.39 is 11.6 Å². The number of imidazole rings is 1. The predicted molar refractivity (Wildman–Crippen MR) is 119 cm³/mol. The second-order valence-corrected chi connectivity index (χ2v) is 7.97. The molecule has 0 spiro atoms. The highest BCUT2D eigenvalue weighted by molar-refractivity contribution is 5.65. The van der Waals surface area contributed by atoms with Gasteiger partial charge in [-0.05, 0) is 61.7 Å². The first-order valence-corrected chi connectivity index (χ1v) is 10.6. The molecule has 1 atom stereocenters. The van der Waals surface area contributed by atoms with E-state index in [1.807, 2.05) is 40.6 Å². The van der Waals surface area contributed by atoms with Crippen LogP contribution in [0, 0.1) is 18.6 Å². The van der Waals surface area contributed by atoms with Crippen molar-refractivity contribution in [3.63, 3.8) is 0 Å². The van der Waals surface area contributed by atoms with Crippen molar-refractivity contribution >= 4 is 12.2 Å². The molecular weight excluding hydrogens is 426 g/mol. The molecule has 0 unspecified atom stereocenters. The van der Waals surface area contributed by atoms with E-state index in [0.717, 1.165) is 36.8 Å². The molecule has 0 saturated carbocycles. The molecule has 33 heavy (non-hydrogen) atoms. The van der Waals surface area contributed by atoms with E-state index in [4.69, 9.17) is 4.74 Å². The Kier molecular flexibility index (Phi) is 5.45. The fraction of sp³-hybridized carbons (Fsp3) is 0.250. The third-order valence-corrected chi connectivity index (χ3v) is 5.63. The maximum Gasteiger partial charge on any atom is 0.238 e. The third-order valence-electron chi connectivity index (χ3n) is 5.63. The van der Waals surface area contributed by atoms with Gasteiger partial charge in [0.2, 0.25) is 5.88 Å². The van der Waals surface area contributed by atoms with Crippen molar-refractivity contribution in [2.24, 2.45) is 0 Å². The molecule has 0 N–H and O–H groups in total. The van der Waals surface area contributed by atoms with E-state index in [1.54, 1.807) is 19.5 Å². The number of hydrogen-bond donors (Lipinski definition) is 0. The zero-order valence-corrected chi connectivity index (χ0v) is 18.2.